The number of carboxylic acids is 1. The van der Waals surface area contributed by atoms with E-state index in [1.165, 1.54) is 16.7 Å². The number of nitrogens with zero attached hydrogens (tertiary/aromatic N) is 1. The third kappa shape index (κ3) is 3.23. The predicted molar refractivity (Wildman–Crippen MR) is 74.2 cm³/mol. The zero-order valence-corrected chi connectivity index (χ0v) is 11.5. The highest BCUT2D eigenvalue weighted by molar-refractivity contribution is 5.73. The first-order chi connectivity index (χ1) is 8.34. The van der Waals surface area contributed by atoms with Gasteiger partial charge < -0.3 is 15.7 Å². The van der Waals surface area contributed by atoms with Crippen LogP contribution in [0.15, 0.2) is 12.1 Å². The molecule has 3 N–H and O–H groups in total. The third-order valence-corrected chi connectivity index (χ3v) is 3.53. The maximum atomic E-state index is 10.7. The Bertz CT molecular complexity index is 444. The molecule has 0 aromatic heterocycles. The molecule has 0 bridgehead atoms. The molecule has 0 saturated heterocycles. The highest BCUT2D eigenvalue weighted by Crippen LogP contribution is 2.24. The van der Waals surface area contributed by atoms with Gasteiger partial charge in [0.1, 0.15) is 6.04 Å². The molecular weight excluding hydrogens is 228 g/mol. The molecule has 1 rings (SSSR count). The Morgan fingerprint density at radius 1 is 1.33 bits per heavy atom. The van der Waals surface area contributed by atoms with Crippen LogP contribution < -0.4 is 10.6 Å². The molecule has 0 spiro atoms. The first kappa shape index (κ1) is 14.5. The summed E-state index contributed by atoms with van der Waals surface area (Å²) in [6.07, 6.45) is 0.443. The molecule has 1 atom stereocenters. The van der Waals surface area contributed by atoms with Gasteiger partial charge in [-0.05, 0) is 49.9 Å². The Labute approximate surface area is 108 Å². The van der Waals surface area contributed by atoms with E-state index in [-0.39, 0.29) is 0 Å². The molecule has 0 radical (unpaired) electrons. The summed E-state index contributed by atoms with van der Waals surface area (Å²) >= 11 is 0. The average Bonchev–Trinajstić information content (AvgIpc) is 2.32. The molecule has 0 aliphatic rings. The summed E-state index contributed by atoms with van der Waals surface area (Å²) in [5.41, 5.74) is 10.4. The second-order valence-corrected chi connectivity index (χ2v) is 4.81. The summed E-state index contributed by atoms with van der Waals surface area (Å²) in [6.45, 7) is 6.92. The minimum atomic E-state index is -0.944. The van der Waals surface area contributed by atoms with Crippen LogP contribution in [0.5, 0.6) is 0 Å². The average molecular weight is 250 g/mol. The van der Waals surface area contributed by atoms with Crippen molar-refractivity contribution < 1.29 is 9.90 Å². The molecule has 4 heteroatoms. The standard InChI is InChI=1S/C14H22N2O2/c1-9-5-6-13(11(3)10(9)2)16(4)8-7-12(15)14(17)18/h5-6,12H,7-8,15H2,1-4H3,(H,17,18). The van der Waals surface area contributed by atoms with Crippen LogP contribution in [0.4, 0.5) is 5.69 Å². The first-order valence-corrected chi connectivity index (χ1v) is 6.11. The Balaban J connectivity index is 2.76. The van der Waals surface area contributed by atoms with Crippen molar-refractivity contribution in [2.45, 2.75) is 33.2 Å². The molecule has 1 aromatic carbocycles. The molecule has 18 heavy (non-hydrogen) atoms. The molecule has 1 aromatic rings. The van der Waals surface area contributed by atoms with E-state index >= 15 is 0 Å². The molecule has 1 unspecified atom stereocenters. The monoisotopic (exact) mass is 250 g/mol. The molecule has 0 aliphatic heterocycles. The number of carboxylic acid groups (broad SMARTS) is 1. The fraction of sp³-hybridized carbons (Fsp3) is 0.500. The van der Waals surface area contributed by atoms with E-state index in [0.29, 0.717) is 13.0 Å². The van der Waals surface area contributed by atoms with E-state index in [0.717, 1.165) is 5.69 Å². The van der Waals surface area contributed by atoms with E-state index < -0.39 is 12.0 Å². The molecular formula is C14H22N2O2. The summed E-state index contributed by atoms with van der Waals surface area (Å²) < 4.78 is 0. The van der Waals surface area contributed by atoms with Crippen LogP contribution in [-0.2, 0) is 4.79 Å². The van der Waals surface area contributed by atoms with Gasteiger partial charge in [0.25, 0.3) is 0 Å². The van der Waals surface area contributed by atoms with Gasteiger partial charge in [0.2, 0.25) is 0 Å². The van der Waals surface area contributed by atoms with Crippen molar-refractivity contribution in [3.8, 4) is 0 Å². The van der Waals surface area contributed by atoms with Gasteiger partial charge in [-0.3, -0.25) is 4.79 Å². The second-order valence-electron chi connectivity index (χ2n) is 4.81. The summed E-state index contributed by atoms with van der Waals surface area (Å²) in [7, 11) is 1.96. The van der Waals surface area contributed by atoms with E-state index in [1.54, 1.807) is 0 Å². The summed E-state index contributed by atoms with van der Waals surface area (Å²) in [5.74, 6) is -0.944. The van der Waals surface area contributed by atoms with Crippen LogP contribution in [0.1, 0.15) is 23.1 Å². The summed E-state index contributed by atoms with van der Waals surface area (Å²) in [4.78, 5) is 12.7. The molecule has 4 nitrogen and oxygen atoms in total. The lowest BCUT2D eigenvalue weighted by Gasteiger charge is -2.24. The van der Waals surface area contributed by atoms with Crippen LogP contribution >= 0.6 is 0 Å². The maximum Gasteiger partial charge on any atom is 0.320 e. The lowest BCUT2D eigenvalue weighted by atomic mass is 10.0. The van der Waals surface area contributed by atoms with E-state index in [2.05, 4.69) is 37.8 Å². The van der Waals surface area contributed by atoms with Gasteiger partial charge in [-0.1, -0.05) is 6.07 Å². The number of carbonyl (C=O) groups is 1. The number of hydrogen-bond acceptors (Lipinski definition) is 3. The SMILES string of the molecule is Cc1ccc(N(C)CCC(N)C(=O)O)c(C)c1C. The van der Waals surface area contributed by atoms with Crippen molar-refractivity contribution in [3.63, 3.8) is 0 Å². The van der Waals surface area contributed by atoms with Crippen LogP contribution in [-0.4, -0.2) is 30.7 Å². The van der Waals surface area contributed by atoms with Gasteiger partial charge in [-0.2, -0.15) is 0 Å². The predicted octanol–water partition coefficient (Wildman–Crippen LogP) is 1.85. The van der Waals surface area contributed by atoms with Crippen LogP contribution in [0.3, 0.4) is 0 Å². The van der Waals surface area contributed by atoms with E-state index in [1.807, 2.05) is 7.05 Å². The highest BCUT2D eigenvalue weighted by Gasteiger charge is 2.14. The maximum absolute atomic E-state index is 10.7. The van der Waals surface area contributed by atoms with Crippen molar-refractivity contribution >= 4 is 11.7 Å². The number of rotatable bonds is 5. The number of nitrogens with two attached hydrogens (primary N) is 1. The molecule has 0 heterocycles. The Hall–Kier alpha value is -1.55. The van der Waals surface area contributed by atoms with Crippen molar-refractivity contribution in [3.05, 3.63) is 28.8 Å². The van der Waals surface area contributed by atoms with Gasteiger partial charge in [0.05, 0.1) is 0 Å². The molecule has 0 amide bonds. The smallest absolute Gasteiger partial charge is 0.320 e. The van der Waals surface area contributed by atoms with Crippen molar-refractivity contribution in [2.24, 2.45) is 5.73 Å². The van der Waals surface area contributed by atoms with Gasteiger partial charge in [-0.25, -0.2) is 0 Å². The molecule has 100 valence electrons. The van der Waals surface area contributed by atoms with Crippen LogP contribution in [0, 0.1) is 20.8 Å². The minimum absolute atomic E-state index is 0.443. The van der Waals surface area contributed by atoms with Gasteiger partial charge in [0, 0.05) is 19.3 Å². The fourth-order valence-corrected chi connectivity index (χ4v) is 1.93. The lowest BCUT2D eigenvalue weighted by molar-refractivity contribution is -0.138. The lowest BCUT2D eigenvalue weighted by Crippen LogP contribution is -2.34. The first-order valence-electron chi connectivity index (χ1n) is 6.11. The number of aliphatic carboxylic acids is 1. The summed E-state index contributed by atoms with van der Waals surface area (Å²) in [6, 6.07) is 3.37. The third-order valence-electron chi connectivity index (χ3n) is 3.53. The molecule has 0 saturated carbocycles. The van der Waals surface area contributed by atoms with Crippen molar-refractivity contribution in [1.82, 2.24) is 0 Å². The zero-order valence-electron chi connectivity index (χ0n) is 11.5. The van der Waals surface area contributed by atoms with Gasteiger partial charge in [-0.15, -0.1) is 0 Å². The minimum Gasteiger partial charge on any atom is -0.480 e. The highest BCUT2D eigenvalue weighted by atomic mass is 16.4. The zero-order chi connectivity index (χ0) is 13.9. The Morgan fingerprint density at radius 3 is 2.50 bits per heavy atom. The van der Waals surface area contributed by atoms with E-state index in [9.17, 15) is 4.79 Å². The number of hydrogen-bond donors (Lipinski definition) is 2. The topological polar surface area (TPSA) is 66.6 Å². The quantitative estimate of drug-likeness (QED) is 0.837. The summed E-state index contributed by atoms with van der Waals surface area (Å²) in [5, 5.41) is 8.76. The molecule has 0 fully saturated rings. The fourth-order valence-electron chi connectivity index (χ4n) is 1.93. The van der Waals surface area contributed by atoms with Gasteiger partial charge in [0.15, 0.2) is 0 Å². The number of aryl methyl sites for hydroxylation is 1. The molecule has 0 aliphatic carbocycles. The normalized spacial score (nSPS) is 12.3. The van der Waals surface area contributed by atoms with Crippen LogP contribution in [0.25, 0.3) is 0 Å². The van der Waals surface area contributed by atoms with Crippen LogP contribution in [0.2, 0.25) is 0 Å². The Morgan fingerprint density at radius 2 is 1.94 bits per heavy atom. The number of benzene rings is 1. The largest absolute Gasteiger partial charge is 0.480 e. The second kappa shape index (κ2) is 5.87. The van der Waals surface area contributed by atoms with Crippen molar-refractivity contribution in [1.29, 1.82) is 0 Å². The van der Waals surface area contributed by atoms with E-state index in [4.69, 9.17) is 10.8 Å². The van der Waals surface area contributed by atoms with Gasteiger partial charge >= 0.3 is 5.97 Å². The number of anilines is 1. The Kier molecular flexibility index (Phi) is 4.73. The van der Waals surface area contributed by atoms with Crippen molar-refractivity contribution in [2.75, 3.05) is 18.5 Å².